The van der Waals surface area contributed by atoms with Crippen molar-refractivity contribution in [2.45, 2.75) is 6.92 Å². The maximum atomic E-state index is 12.3. The first kappa shape index (κ1) is 11.5. The van der Waals surface area contributed by atoms with Gasteiger partial charge in [-0.3, -0.25) is 14.5 Å². The van der Waals surface area contributed by atoms with E-state index < -0.39 is 5.91 Å². The molecule has 0 aromatic heterocycles. The molecule has 0 spiro atoms. The van der Waals surface area contributed by atoms with Crippen molar-refractivity contribution in [1.29, 1.82) is 0 Å². The molecule has 0 radical (unpaired) electrons. The van der Waals surface area contributed by atoms with Crippen LogP contribution in [-0.2, 0) is 0 Å². The number of nitrogens with zero attached hydrogens (tertiary/aromatic N) is 1. The van der Waals surface area contributed by atoms with Crippen LogP contribution in [0.4, 0.5) is 5.69 Å². The van der Waals surface area contributed by atoms with Gasteiger partial charge in [-0.25, -0.2) is 0 Å². The van der Waals surface area contributed by atoms with Crippen LogP contribution < -0.4 is 5.73 Å². The first-order valence-corrected chi connectivity index (χ1v) is 5.96. The molecule has 19 heavy (non-hydrogen) atoms. The van der Waals surface area contributed by atoms with E-state index in [1.54, 1.807) is 25.1 Å². The second-order valence-corrected chi connectivity index (χ2v) is 4.44. The number of carbonyl (C=O) groups excluding carboxylic acids is 2. The van der Waals surface area contributed by atoms with Gasteiger partial charge in [0.25, 0.3) is 11.8 Å². The quantitative estimate of drug-likeness (QED) is 0.601. The highest BCUT2D eigenvalue weighted by molar-refractivity contribution is 6.27. The Morgan fingerprint density at radius 3 is 2.68 bits per heavy atom. The molecule has 1 aliphatic heterocycles. The zero-order chi connectivity index (χ0) is 13.7. The summed E-state index contributed by atoms with van der Waals surface area (Å²) in [6.45, 7) is 1.98. The van der Waals surface area contributed by atoms with Crippen LogP contribution in [-0.4, -0.2) is 28.4 Å². The van der Waals surface area contributed by atoms with Gasteiger partial charge in [-0.1, -0.05) is 12.1 Å². The Morgan fingerprint density at radius 2 is 2.00 bits per heavy atom. The minimum absolute atomic E-state index is 0.154. The number of phenolic OH excluding ortho intramolecular Hbond substituents is 1. The molecule has 5 nitrogen and oxygen atoms in total. The summed E-state index contributed by atoms with van der Waals surface area (Å²) in [5.74, 6) is -1.02. The molecule has 3 N–H and O–H groups in total. The van der Waals surface area contributed by atoms with Gasteiger partial charge in [-0.05, 0) is 13.0 Å². The van der Waals surface area contributed by atoms with Crippen molar-refractivity contribution in [3.8, 4) is 5.75 Å². The van der Waals surface area contributed by atoms with Crippen LogP contribution in [0, 0.1) is 0 Å². The minimum Gasteiger partial charge on any atom is -0.507 e. The van der Waals surface area contributed by atoms with E-state index in [2.05, 4.69) is 0 Å². The van der Waals surface area contributed by atoms with Crippen LogP contribution >= 0.6 is 0 Å². The number of anilines is 1. The van der Waals surface area contributed by atoms with Gasteiger partial charge < -0.3 is 10.8 Å². The highest BCUT2D eigenvalue weighted by Crippen LogP contribution is 2.38. The van der Waals surface area contributed by atoms with Crippen molar-refractivity contribution in [2.24, 2.45) is 0 Å². The lowest BCUT2D eigenvalue weighted by Crippen LogP contribution is -2.40. The average Bonchev–Trinajstić information content (AvgIpc) is 2.38. The Labute approximate surface area is 109 Å². The number of rotatable bonds is 1. The van der Waals surface area contributed by atoms with Crippen LogP contribution in [0.5, 0.6) is 5.75 Å². The molecule has 0 saturated heterocycles. The fourth-order valence-corrected chi connectivity index (χ4v) is 2.54. The number of hydrogen-bond donors (Lipinski definition) is 2. The first-order valence-electron chi connectivity index (χ1n) is 5.96. The molecule has 3 rings (SSSR count). The van der Waals surface area contributed by atoms with Crippen LogP contribution in [0.3, 0.4) is 0 Å². The summed E-state index contributed by atoms with van der Waals surface area (Å²) in [7, 11) is 0. The summed E-state index contributed by atoms with van der Waals surface area (Å²) in [5, 5.41) is 11.0. The lowest BCUT2D eigenvalue weighted by atomic mass is 9.92. The third-order valence-corrected chi connectivity index (χ3v) is 3.42. The third kappa shape index (κ3) is 1.35. The van der Waals surface area contributed by atoms with Gasteiger partial charge in [0, 0.05) is 34.6 Å². The second kappa shape index (κ2) is 3.71. The van der Waals surface area contributed by atoms with Gasteiger partial charge in [0.15, 0.2) is 0 Å². The van der Waals surface area contributed by atoms with Gasteiger partial charge in [0.05, 0.1) is 5.56 Å². The summed E-state index contributed by atoms with van der Waals surface area (Å²) < 4.78 is 0. The van der Waals surface area contributed by atoms with E-state index in [9.17, 15) is 14.7 Å². The van der Waals surface area contributed by atoms with E-state index in [1.807, 2.05) is 0 Å². The van der Waals surface area contributed by atoms with Gasteiger partial charge in [-0.15, -0.1) is 0 Å². The number of benzene rings is 2. The summed E-state index contributed by atoms with van der Waals surface area (Å²) in [6.07, 6.45) is 0. The molecule has 96 valence electrons. The molecule has 2 amide bonds. The largest absolute Gasteiger partial charge is 0.507 e. The maximum absolute atomic E-state index is 12.3. The topological polar surface area (TPSA) is 83.6 Å². The number of imide groups is 1. The molecular weight excluding hydrogens is 244 g/mol. The van der Waals surface area contributed by atoms with Crippen LogP contribution in [0.1, 0.15) is 27.6 Å². The van der Waals surface area contributed by atoms with E-state index in [0.717, 1.165) is 4.90 Å². The van der Waals surface area contributed by atoms with Crippen molar-refractivity contribution in [1.82, 2.24) is 4.90 Å². The van der Waals surface area contributed by atoms with Crippen LogP contribution in [0.25, 0.3) is 10.8 Å². The number of nitrogens with two attached hydrogens (primary N) is 1. The molecule has 2 aromatic rings. The number of hydrogen-bond acceptors (Lipinski definition) is 4. The molecule has 1 heterocycles. The molecular formula is C14H12N2O3. The third-order valence-electron chi connectivity index (χ3n) is 3.42. The summed E-state index contributed by atoms with van der Waals surface area (Å²) in [5.41, 5.74) is 6.74. The SMILES string of the molecule is CCN1C(=O)c2cccc3c(N)cc(O)c(c23)C1=O. The molecule has 0 bridgehead atoms. The first-order chi connectivity index (χ1) is 9.06. The summed E-state index contributed by atoms with van der Waals surface area (Å²) in [6, 6.07) is 6.45. The van der Waals surface area contributed by atoms with Crippen LogP contribution in [0.15, 0.2) is 24.3 Å². The van der Waals surface area contributed by atoms with E-state index in [-0.39, 0.29) is 23.8 Å². The van der Waals surface area contributed by atoms with E-state index in [0.29, 0.717) is 22.0 Å². The van der Waals surface area contributed by atoms with Crippen molar-refractivity contribution in [2.75, 3.05) is 12.3 Å². The molecule has 0 saturated carbocycles. The Balaban J connectivity index is 2.51. The van der Waals surface area contributed by atoms with Gasteiger partial charge in [-0.2, -0.15) is 0 Å². The molecule has 2 aromatic carbocycles. The van der Waals surface area contributed by atoms with Gasteiger partial charge in [0.1, 0.15) is 5.75 Å². The maximum Gasteiger partial charge on any atom is 0.265 e. The summed E-state index contributed by atoms with van der Waals surface area (Å²) in [4.78, 5) is 25.6. The van der Waals surface area contributed by atoms with Crippen LogP contribution in [0.2, 0.25) is 0 Å². The van der Waals surface area contributed by atoms with Gasteiger partial charge >= 0.3 is 0 Å². The monoisotopic (exact) mass is 256 g/mol. The standard InChI is InChI=1S/C14H12N2O3/c1-2-16-13(18)8-5-3-4-7-9(15)6-10(17)12(11(7)8)14(16)19/h3-6,17H,2,15H2,1H3. The second-order valence-electron chi connectivity index (χ2n) is 4.44. The number of nitrogen functional groups attached to an aromatic ring is 1. The number of aromatic hydroxyl groups is 1. The Morgan fingerprint density at radius 1 is 1.26 bits per heavy atom. The highest BCUT2D eigenvalue weighted by Gasteiger charge is 2.34. The number of amides is 2. The minimum atomic E-state index is -0.478. The lowest BCUT2D eigenvalue weighted by molar-refractivity contribution is 0.0618. The molecule has 0 unspecified atom stereocenters. The Hall–Kier alpha value is -2.56. The fraction of sp³-hybridized carbons (Fsp3) is 0.143. The molecule has 0 aliphatic carbocycles. The lowest BCUT2D eigenvalue weighted by Gasteiger charge is -2.26. The van der Waals surface area contributed by atoms with E-state index >= 15 is 0 Å². The van der Waals surface area contributed by atoms with Crippen molar-refractivity contribution in [3.05, 3.63) is 35.4 Å². The zero-order valence-corrected chi connectivity index (χ0v) is 10.3. The van der Waals surface area contributed by atoms with Crippen molar-refractivity contribution >= 4 is 28.3 Å². The Kier molecular flexibility index (Phi) is 2.25. The smallest absolute Gasteiger partial charge is 0.265 e. The fourth-order valence-electron chi connectivity index (χ4n) is 2.54. The summed E-state index contributed by atoms with van der Waals surface area (Å²) >= 11 is 0. The van der Waals surface area contributed by atoms with Crippen molar-refractivity contribution < 1.29 is 14.7 Å². The van der Waals surface area contributed by atoms with E-state index in [1.165, 1.54) is 6.07 Å². The average molecular weight is 256 g/mol. The highest BCUT2D eigenvalue weighted by atomic mass is 16.3. The van der Waals surface area contributed by atoms with E-state index in [4.69, 9.17) is 5.73 Å². The zero-order valence-electron chi connectivity index (χ0n) is 10.3. The predicted molar refractivity (Wildman–Crippen MR) is 71.1 cm³/mol. The predicted octanol–water partition coefficient (Wildman–Crippen LogP) is 1.74. The van der Waals surface area contributed by atoms with Crippen molar-refractivity contribution in [3.63, 3.8) is 0 Å². The van der Waals surface area contributed by atoms with Gasteiger partial charge in [0.2, 0.25) is 0 Å². The number of carbonyl (C=O) groups is 2. The normalized spacial score (nSPS) is 14.3. The molecule has 0 atom stereocenters. The Bertz CT molecular complexity index is 737. The molecule has 5 heteroatoms. The molecule has 1 aliphatic rings. The molecule has 0 fully saturated rings. The number of phenols is 1.